The predicted molar refractivity (Wildman–Crippen MR) is 86.9 cm³/mol. The molecule has 3 rings (SSSR count). The van der Waals surface area contributed by atoms with E-state index in [9.17, 15) is 15.3 Å². The zero-order valence-electron chi connectivity index (χ0n) is 13.2. The highest BCUT2D eigenvalue weighted by Crippen LogP contribution is 2.43. The molecule has 1 aliphatic rings. The Morgan fingerprint density at radius 3 is 2.46 bits per heavy atom. The van der Waals surface area contributed by atoms with E-state index < -0.39 is 11.5 Å². The number of nitrogens with two attached hydrogens (primary N) is 1. The van der Waals surface area contributed by atoms with Gasteiger partial charge in [-0.15, -0.1) is 0 Å². The first kappa shape index (κ1) is 15.4. The molecule has 0 radical (unpaired) electrons. The highest BCUT2D eigenvalue weighted by Gasteiger charge is 2.35. The molecule has 0 bridgehead atoms. The lowest BCUT2D eigenvalue weighted by atomic mass is 9.81. The summed E-state index contributed by atoms with van der Waals surface area (Å²) in [6.07, 6.45) is 0. The topological polar surface area (TPSA) is 105 Å². The van der Waals surface area contributed by atoms with Crippen molar-refractivity contribution in [2.75, 3.05) is 0 Å². The molecule has 0 amide bonds. The molecular weight excluding hydrogens is 304 g/mol. The fourth-order valence-electron chi connectivity index (χ4n) is 3.04. The number of aromatic nitrogens is 1. The van der Waals surface area contributed by atoms with Crippen LogP contribution >= 0.6 is 0 Å². The Hall–Kier alpha value is -3.51. The van der Waals surface area contributed by atoms with Crippen molar-refractivity contribution >= 4 is 0 Å². The Morgan fingerprint density at radius 1 is 1.21 bits per heavy atom. The van der Waals surface area contributed by atoms with Gasteiger partial charge in [0.25, 0.3) is 5.56 Å². The average molecular weight is 318 g/mol. The number of fused-ring (bicyclic) bond motifs is 1. The highest BCUT2D eigenvalue weighted by molar-refractivity contribution is 5.59. The van der Waals surface area contributed by atoms with Crippen LogP contribution in [0.3, 0.4) is 0 Å². The SMILES string of the molecule is Cc1c2c(n(C)c(=O)c1C#N)OC(N)=C(C#N)C2c1ccccc1. The van der Waals surface area contributed by atoms with Gasteiger partial charge in [0.05, 0.1) is 5.92 Å². The molecule has 0 fully saturated rings. The van der Waals surface area contributed by atoms with Crippen molar-refractivity contribution in [2.45, 2.75) is 12.8 Å². The summed E-state index contributed by atoms with van der Waals surface area (Å²) >= 11 is 0. The fraction of sp³-hybridized carbons (Fsp3) is 0.167. The average Bonchev–Trinajstić information content (AvgIpc) is 2.60. The van der Waals surface area contributed by atoms with Crippen LogP contribution in [0.1, 0.15) is 28.2 Å². The number of ether oxygens (including phenoxy) is 1. The number of hydrogen-bond acceptors (Lipinski definition) is 5. The van der Waals surface area contributed by atoms with E-state index in [4.69, 9.17) is 10.5 Å². The second kappa shape index (κ2) is 5.60. The van der Waals surface area contributed by atoms with Gasteiger partial charge < -0.3 is 10.5 Å². The minimum atomic E-state index is -0.487. The summed E-state index contributed by atoms with van der Waals surface area (Å²) in [4.78, 5) is 12.3. The number of pyridine rings is 1. The van der Waals surface area contributed by atoms with Crippen molar-refractivity contribution in [3.05, 3.63) is 74.4 Å². The first-order valence-electron chi connectivity index (χ1n) is 7.27. The van der Waals surface area contributed by atoms with Crippen LogP contribution in [0.2, 0.25) is 0 Å². The smallest absolute Gasteiger partial charge is 0.271 e. The van der Waals surface area contributed by atoms with Gasteiger partial charge in [0.15, 0.2) is 0 Å². The maximum absolute atomic E-state index is 12.3. The summed E-state index contributed by atoms with van der Waals surface area (Å²) in [5, 5.41) is 18.9. The van der Waals surface area contributed by atoms with Gasteiger partial charge in [-0.2, -0.15) is 10.5 Å². The van der Waals surface area contributed by atoms with Crippen LogP contribution in [0.25, 0.3) is 0 Å². The summed E-state index contributed by atoms with van der Waals surface area (Å²) in [5.41, 5.74) is 7.74. The number of rotatable bonds is 1. The van der Waals surface area contributed by atoms with E-state index in [-0.39, 0.29) is 22.9 Å². The number of allylic oxidation sites excluding steroid dienone is 1. The van der Waals surface area contributed by atoms with E-state index >= 15 is 0 Å². The monoisotopic (exact) mass is 318 g/mol. The number of nitriles is 2. The van der Waals surface area contributed by atoms with Gasteiger partial charge >= 0.3 is 0 Å². The molecule has 0 saturated heterocycles. The van der Waals surface area contributed by atoms with Crippen LogP contribution in [-0.4, -0.2) is 4.57 Å². The molecule has 1 aromatic carbocycles. The first-order valence-corrected chi connectivity index (χ1v) is 7.27. The van der Waals surface area contributed by atoms with Gasteiger partial charge in [0.1, 0.15) is 23.3 Å². The van der Waals surface area contributed by atoms with Crippen molar-refractivity contribution in [3.8, 4) is 18.0 Å². The van der Waals surface area contributed by atoms with Crippen molar-refractivity contribution in [1.29, 1.82) is 10.5 Å². The minimum Gasteiger partial charge on any atom is -0.424 e. The molecule has 118 valence electrons. The summed E-state index contributed by atoms with van der Waals surface area (Å²) in [5.74, 6) is -0.251. The number of nitrogens with zero attached hydrogens (tertiary/aromatic N) is 3. The van der Waals surface area contributed by atoms with Crippen molar-refractivity contribution in [3.63, 3.8) is 0 Å². The van der Waals surface area contributed by atoms with Gasteiger partial charge in [-0.3, -0.25) is 9.36 Å². The molecule has 0 aliphatic carbocycles. The Labute approximate surface area is 138 Å². The predicted octanol–water partition coefficient (Wildman–Crippen LogP) is 1.78. The van der Waals surface area contributed by atoms with Crippen LogP contribution in [0.5, 0.6) is 5.88 Å². The molecule has 2 heterocycles. The Bertz CT molecular complexity index is 1000. The molecule has 1 atom stereocenters. The fourth-order valence-corrected chi connectivity index (χ4v) is 3.04. The molecule has 1 aliphatic heterocycles. The van der Waals surface area contributed by atoms with Crippen molar-refractivity contribution in [2.24, 2.45) is 12.8 Å². The molecular formula is C18H14N4O2. The summed E-state index contributed by atoms with van der Waals surface area (Å²) < 4.78 is 6.83. The minimum absolute atomic E-state index is 0.0297. The first-order chi connectivity index (χ1) is 11.5. The van der Waals surface area contributed by atoms with Crippen LogP contribution in [0, 0.1) is 29.6 Å². The Morgan fingerprint density at radius 2 is 1.88 bits per heavy atom. The van der Waals surface area contributed by atoms with Gasteiger partial charge in [0.2, 0.25) is 11.8 Å². The summed E-state index contributed by atoms with van der Waals surface area (Å²) in [6, 6.07) is 13.4. The van der Waals surface area contributed by atoms with Crippen molar-refractivity contribution in [1.82, 2.24) is 4.57 Å². The molecule has 0 spiro atoms. The van der Waals surface area contributed by atoms with Crippen LogP contribution in [0.15, 0.2) is 46.6 Å². The van der Waals surface area contributed by atoms with E-state index in [1.807, 2.05) is 36.4 Å². The second-order valence-corrected chi connectivity index (χ2v) is 5.53. The largest absolute Gasteiger partial charge is 0.424 e. The molecule has 1 unspecified atom stereocenters. The lowest BCUT2D eigenvalue weighted by Gasteiger charge is -2.29. The second-order valence-electron chi connectivity index (χ2n) is 5.53. The highest BCUT2D eigenvalue weighted by atomic mass is 16.5. The third-order valence-electron chi connectivity index (χ3n) is 4.25. The van der Waals surface area contributed by atoms with Gasteiger partial charge in [-0.05, 0) is 18.1 Å². The maximum Gasteiger partial charge on any atom is 0.271 e. The quantitative estimate of drug-likeness (QED) is 0.863. The molecule has 24 heavy (non-hydrogen) atoms. The van der Waals surface area contributed by atoms with Crippen LogP contribution in [-0.2, 0) is 7.05 Å². The molecule has 0 saturated carbocycles. The van der Waals surface area contributed by atoms with E-state index in [0.29, 0.717) is 11.1 Å². The lowest BCUT2D eigenvalue weighted by molar-refractivity contribution is 0.356. The zero-order valence-corrected chi connectivity index (χ0v) is 13.2. The van der Waals surface area contributed by atoms with Crippen LogP contribution in [0.4, 0.5) is 0 Å². The molecule has 1 aromatic heterocycles. The Kier molecular flexibility index (Phi) is 3.59. The summed E-state index contributed by atoms with van der Waals surface area (Å²) in [7, 11) is 1.52. The lowest BCUT2D eigenvalue weighted by Crippen LogP contribution is -2.31. The number of benzene rings is 1. The van der Waals surface area contributed by atoms with Gasteiger partial charge in [0, 0.05) is 12.6 Å². The summed E-state index contributed by atoms with van der Waals surface area (Å²) in [6.45, 7) is 1.69. The van der Waals surface area contributed by atoms with Gasteiger partial charge in [-0.25, -0.2) is 0 Å². The van der Waals surface area contributed by atoms with Crippen LogP contribution < -0.4 is 16.0 Å². The molecule has 6 nitrogen and oxygen atoms in total. The standard InChI is InChI=1S/C18H14N4O2/c1-10-12(8-19)17(23)22(2)18-14(10)15(11-6-4-3-5-7-11)13(9-20)16(21)24-18/h3-7,15H,21H2,1-2H3. The molecule has 2 N–H and O–H groups in total. The van der Waals surface area contributed by atoms with E-state index in [1.165, 1.54) is 11.6 Å². The zero-order chi connectivity index (χ0) is 17.4. The molecule has 6 heteroatoms. The molecule has 2 aromatic rings. The normalized spacial score (nSPS) is 15.9. The van der Waals surface area contributed by atoms with E-state index in [0.717, 1.165) is 5.56 Å². The third kappa shape index (κ3) is 2.05. The maximum atomic E-state index is 12.3. The Balaban J connectivity index is 2.44. The van der Waals surface area contributed by atoms with E-state index in [1.54, 1.807) is 6.92 Å². The van der Waals surface area contributed by atoms with E-state index in [2.05, 4.69) is 6.07 Å². The van der Waals surface area contributed by atoms with Crippen molar-refractivity contribution < 1.29 is 4.74 Å². The number of hydrogen-bond donors (Lipinski definition) is 1. The third-order valence-corrected chi connectivity index (χ3v) is 4.25. The van der Waals surface area contributed by atoms with Gasteiger partial charge in [-0.1, -0.05) is 30.3 Å².